The highest BCUT2D eigenvalue weighted by molar-refractivity contribution is 5.74. The van der Waals surface area contributed by atoms with Crippen molar-refractivity contribution in [2.24, 2.45) is 0 Å². The molecule has 1 aliphatic rings. The predicted molar refractivity (Wildman–Crippen MR) is 70.1 cm³/mol. The molecule has 21 heavy (non-hydrogen) atoms. The summed E-state index contributed by atoms with van der Waals surface area (Å²) in [4.78, 5) is 11.8. The Balaban J connectivity index is 2.03. The summed E-state index contributed by atoms with van der Waals surface area (Å²) in [6, 6.07) is 0.0673. The molecule has 4 nitrogen and oxygen atoms in total. The summed E-state index contributed by atoms with van der Waals surface area (Å²) in [6.45, 7) is -0.553. The third kappa shape index (κ3) is 3.87. The predicted octanol–water partition coefficient (Wildman–Crippen LogP) is 2.38. The number of nitrogens with one attached hydrogen (secondary N) is 2. The zero-order valence-electron chi connectivity index (χ0n) is 11.3. The van der Waals surface area contributed by atoms with Crippen LogP contribution in [-0.4, -0.2) is 23.8 Å². The molecule has 0 aromatic heterocycles. The van der Waals surface area contributed by atoms with Crippen molar-refractivity contribution in [1.29, 1.82) is 0 Å². The van der Waals surface area contributed by atoms with Gasteiger partial charge in [0.15, 0.2) is 17.5 Å². The van der Waals surface area contributed by atoms with E-state index in [9.17, 15) is 23.1 Å². The van der Waals surface area contributed by atoms with Crippen LogP contribution in [0.15, 0.2) is 12.1 Å². The third-order valence-electron chi connectivity index (χ3n) is 3.59. The number of rotatable bonds is 4. The lowest BCUT2D eigenvalue weighted by atomic mass is 10.1. The molecule has 2 amide bonds. The van der Waals surface area contributed by atoms with Crippen LogP contribution in [0, 0.1) is 17.5 Å². The maximum Gasteiger partial charge on any atom is 0.315 e. The molecule has 1 aliphatic carbocycles. The molecule has 116 valence electrons. The van der Waals surface area contributed by atoms with Gasteiger partial charge in [-0.2, -0.15) is 0 Å². The van der Waals surface area contributed by atoms with E-state index in [0.29, 0.717) is 0 Å². The van der Waals surface area contributed by atoms with Gasteiger partial charge in [0.05, 0.1) is 12.6 Å². The van der Waals surface area contributed by atoms with Gasteiger partial charge >= 0.3 is 6.03 Å². The van der Waals surface area contributed by atoms with Gasteiger partial charge in [0.25, 0.3) is 0 Å². The van der Waals surface area contributed by atoms with Gasteiger partial charge in [-0.1, -0.05) is 12.8 Å². The van der Waals surface area contributed by atoms with Crippen molar-refractivity contribution in [1.82, 2.24) is 10.6 Å². The van der Waals surface area contributed by atoms with Gasteiger partial charge in [0, 0.05) is 6.04 Å². The van der Waals surface area contributed by atoms with Crippen molar-refractivity contribution in [3.8, 4) is 0 Å². The van der Waals surface area contributed by atoms with E-state index in [0.717, 1.165) is 37.8 Å². The molecule has 0 radical (unpaired) electrons. The van der Waals surface area contributed by atoms with Crippen molar-refractivity contribution < 1.29 is 23.1 Å². The fourth-order valence-corrected chi connectivity index (χ4v) is 2.47. The minimum atomic E-state index is -1.58. The molecule has 7 heteroatoms. The molecule has 0 spiro atoms. The molecule has 1 atom stereocenters. The number of aliphatic hydroxyl groups is 1. The van der Waals surface area contributed by atoms with Gasteiger partial charge < -0.3 is 15.7 Å². The van der Waals surface area contributed by atoms with Crippen molar-refractivity contribution in [2.45, 2.75) is 37.8 Å². The largest absolute Gasteiger partial charge is 0.394 e. The van der Waals surface area contributed by atoms with Crippen molar-refractivity contribution in [3.63, 3.8) is 0 Å². The summed E-state index contributed by atoms with van der Waals surface area (Å²) >= 11 is 0. The van der Waals surface area contributed by atoms with Crippen LogP contribution in [-0.2, 0) is 0 Å². The highest BCUT2D eigenvalue weighted by Crippen LogP contribution is 2.20. The smallest absolute Gasteiger partial charge is 0.315 e. The zero-order valence-corrected chi connectivity index (χ0v) is 11.3. The Morgan fingerprint density at radius 1 is 1.24 bits per heavy atom. The van der Waals surface area contributed by atoms with E-state index in [4.69, 9.17) is 0 Å². The molecule has 1 aromatic rings. The molecule has 0 saturated heterocycles. The summed E-state index contributed by atoms with van der Waals surface area (Å²) in [5.74, 6) is -4.30. The van der Waals surface area contributed by atoms with Crippen LogP contribution in [0.3, 0.4) is 0 Å². The van der Waals surface area contributed by atoms with Crippen LogP contribution in [0.5, 0.6) is 0 Å². The third-order valence-corrected chi connectivity index (χ3v) is 3.59. The van der Waals surface area contributed by atoms with E-state index in [1.807, 2.05) is 0 Å². The highest BCUT2D eigenvalue weighted by atomic mass is 19.2. The lowest BCUT2D eigenvalue weighted by molar-refractivity contribution is 0.214. The maximum absolute atomic E-state index is 13.2. The average Bonchev–Trinajstić information content (AvgIpc) is 2.94. The Hall–Kier alpha value is -1.76. The fourth-order valence-electron chi connectivity index (χ4n) is 2.47. The normalized spacial score (nSPS) is 16.8. The number of aliphatic hydroxyl groups excluding tert-OH is 1. The van der Waals surface area contributed by atoms with E-state index in [2.05, 4.69) is 10.6 Å². The van der Waals surface area contributed by atoms with Crippen molar-refractivity contribution in [2.75, 3.05) is 6.61 Å². The summed E-state index contributed by atoms with van der Waals surface area (Å²) < 4.78 is 39.3. The molecule has 2 rings (SSSR count). The lowest BCUT2D eigenvalue weighted by Crippen LogP contribution is -2.43. The second-order valence-corrected chi connectivity index (χ2v) is 5.13. The minimum Gasteiger partial charge on any atom is -0.394 e. The molecule has 3 N–H and O–H groups in total. The molecular weight excluding hydrogens is 285 g/mol. The van der Waals surface area contributed by atoms with E-state index >= 15 is 0 Å². The molecule has 0 aliphatic heterocycles. The van der Waals surface area contributed by atoms with E-state index in [1.165, 1.54) is 0 Å². The van der Waals surface area contributed by atoms with E-state index in [-0.39, 0.29) is 11.6 Å². The maximum atomic E-state index is 13.2. The van der Waals surface area contributed by atoms with Crippen molar-refractivity contribution in [3.05, 3.63) is 35.1 Å². The Morgan fingerprint density at radius 2 is 1.81 bits per heavy atom. The van der Waals surface area contributed by atoms with Crippen LogP contribution in [0.25, 0.3) is 0 Å². The first-order valence-electron chi connectivity index (χ1n) is 6.83. The number of halogens is 3. The van der Waals surface area contributed by atoms with Crippen molar-refractivity contribution >= 4 is 6.03 Å². The zero-order chi connectivity index (χ0) is 15.4. The molecule has 1 fully saturated rings. The summed E-state index contributed by atoms with van der Waals surface area (Å²) in [6.07, 6.45) is 3.86. The lowest BCUT2D eigenvalue weighted by Gasteiger charge is -2.19. The summed E-state index contributed by atoms with van der Waals surface area (Å²) in [5.41, 5.74) is -0.0320. The monoisotopic (exact) mass is 302 g/mol. The quantitative estimate of drug-likeness (QED) is 0.748. The molecular formula is C14H17F3N2O2. The number of carbonyl (C=O) groups excluding carboxylic acids is 1. The number of urea groups is 1. The standard InChI is InChI=1S/C14H17F3N2O2/c15-10-5-8(6-11(16)13(10)17)12(7-20)19-14(21)18-9-3-1-2-4-9/h5-6,9,12,20H,1-4,7H2,(H2,18,19,21). The topological polar surface area (TPSA) is 61.4 Å². The van der Waals surface area contributed by atoms with Crippen LogP contribution >= 0.6 is 0 Å². The van der Waals surface area contributed by atoms with E-state index in [1.54, 1.807) is 0 Å². The van der Waals surface area contributed by atoms with Gasteiger partial charge in [0.2, 0.25) is 0 Å². The SMILES string of the molecule is O=C(NC1CCCC1)NC(CO)c1cc(F)c(F)c(F)c1. The first-order chi connectivity index (χ1) is 10.0. The Morgan fingerprint density at radius 3 is 2.33 bits per heavy atom. The number of hydrogen-bond acceptors (Lipinski definition) is 2. The summed E-state index contributed by atoms with van der Waals surface area (Å²) in [7, 11) is 0. The Kier molecular flexibility index (Phi) is 5.06. The summed E-state index contributed by atoms with van der Waals surface area (Å²) in [5, 5.41) is 14.4. The Bertz CT molecular complexity index is 496. The fraction of sp³-hybridized carbons (Fsp3) is 0.500. The van der Waals surface area contributed by atoms with Crippen LogP contribution in [0.4, 0.5) is 18.0 Å². The molecule has 1 saturated carbocycles. The molecule has 0 bridgehead atoms. The second-order valence-electron chi connectivity index (χ2n) is 5.13. The average molecular weight is 302 g/mol. The first kappa shape index (κ1) is 15.6. The molecule has 0 heterocycles. The Labute approximate surface area is 120 Å². The minimum absolute atomic E-state index is 0.0320. The number of amides is 2. The van der Waals surface area contributed by atoms with Gasteiger partial charge in [-0.3, -0.25) is 0 Å². The number of carbonyl (C=O) groups is 1. The van der Waals surface area contributed by atoms with Gasteiger partial charge in [-0.25, -0.2) is 18.0 Å². The molecule has 1 aromatic carbocycles. The number of benzene rings is 1. The van der Waals surface area contributed by atoms with Gasteiger partial charge in [-0.15, -0.1) is 0 Å². The van der Waals surface area contributed by atoms with Gasteiger partial charge in [0.1, 0.15) is 0 Å². The highest BCUT2D eigenvalue weighted by Gasteiger charge is 2.21. The van der Waals surface area contributed by atoms with Gasteiger partial charge in [-0.05, 0) is 30.5 Å². The van der Waals surface area contributed by atoms with Crippen LogP contribution in [0.1, 0.15) is 37.3 Å². The van der Waals surface area contributed by atoms with Crippen LogP contribution in [0.2, 0.25) is 0 Å². The van der Waals surface area contributed by atoms with E-state index < -0.39 is 36.1 Å². The van der Waals surface area contributed by atoms with Crippen LogP contribution < -0.4 is 10.6 Å². The number of hydrogen-bond donors (Lipinski definition) is 3. The second kappa shape index (κ2) is 6.80. The first-order valence-corrected chi connectivity index (χ1v) is 6.83. The molecule has 1 unspecified atom stereocenters.